The maximum absolute atomic E-state index is 2.62. The lowest BCUT2D eigenvalue weighted by Crippen LogP contribution is -2.19. The molecule has 0 atom stereocenters. The number of fused-ring (bicyclic) bond motifs is 10. The SMILES string of the molecule is CC(C)c1cc2ccc(N3c4ccccc4Sc4cc5c(cc43)C(C)(C)c3ccccc3-5)c3c(C(C)C)cc4ccc(N5c6ccccc6Sc6cc7c(cc65)C(C)(C)c5ccccc5-7)c1c4c23. The predicted octanol–water partition coefficient (Wildman–Crippen LogP) is 19.3. The summed E-state index contributed by atoms with van der Waals surface area (Å²) in [4.78, 5) is 10.4. The van der Waals surface area contributed by atoms with E-state index in [1.165, 1.54) is 142 Å². The summed E-state index contributed by atoms with van der Waals surface area (Å²) in [6, 6.07) is 61.1. The van der Waals surface area contributed by atoms with Crippen molar-refractivity contribution in [3.05, 3.63) is 191 Å². The van der Waals surface area contributed by atoms with Crippen LogP contribution < -0.4 is 9.80 Å². The van der Waals surface area contributed by atoms with Crippen LogP contribution in [0, 0.1) is 0 Å². The van der Waals surface area contributed by atoms with E-state index in [1.54, 1.807) is 0 Å². The molecule has 4 heteroatoms. The average Bonchev–Trinajstić information content (AvgIpc) is 3.70. The van der Waals surface area contributed by atoms with Crippen molar-refractivity contribution in [2.45, 2.75) is 97.6 Å². The van der Waals surface area contributed by atoms with Crippen molar-refractivity contribution in [1.82, 2.24) is 0 Å². The number of para-hydroxylation sites is 2. The lowest BCUT2D eigenvalue weighted by atomic mass is 9.81. The third kappa shape index (κ3) is 5.34. The monoisotopic (exact) mass is 912 g/mol. The number of hydrogen-bond acceptors (Lipinski definition) is 4. The van der Waals surface area contributed by atoms with Gasteiger partial charge in [0.15, 0.2) is 0 Å². The highest BCUT2D eigenvalue weighted by molar-refractivity contribution is 8.00. The Morgan fingerprint density at radius 1 is 0.338 bits per heavy atom. The normalized spacial score (nSPS) is 15.7. The van der Waals surface area contributed by atoms with E-state index in [1.807, 2.05) is 23.5 Å². The average molecular weight is 913 g/mol. The molecular weight excluding hydrogens is 861 g/mol. The maximum Gasteiger partial charge on any atom is 0.0605 e. The maximum atomic E-state index is 2.62. The van der Waals surface area contributed by atoms with Gasteiger partial charge in [-0.25, -0.2) is 0 Å². The molecule has 0 N–H and O–H groups in total. The highest BCUT2D eigenvalue weighted by atomic mass is 32.2. The van der Waals surface area contributed by atoms with Gasteiger partial charge in [0.25, 0.3) is 0 Å². The van der Waals surface area contributed by atoms with Gasteiger partial charge in [-0.2, -0.15) is 0 Å². The first-order chi connectivity index (χ1) is 32.9. The number of rotatable bonds is 4. The van der Waals surface area contributed by atoms with E-state index in [-0.39, 0.29) is 10.8 Å². The minimum absolute atomic E-state index is 0.117. The van der Waals surface area contributed by atoms with Crippen LogP contribution >= 0.6 is 23.5 Å². The van der Waals surface area contributed by atoms with Gasteiger partial charge in [-0.15, -0.1) is 0 Å². The first-order valence-electron chi connectivity index (χ1n) is 24.4. The van der Waals surface area contributed by atoms with Crippen LogP contribution in [0.15, 0.2) is 177 Å². The molecule has 2 aliphatic carbocycles. The molecule has 2 aliphatic heterocycles. The van der Waals surface area contributed by atoms with Crippen molar-refractivity contribution in [2.24, 2.45) is 0 Å². The van der Waals surface area contributed by atoms with Gasteiger partial charge in [0, 0.05) is 41.2 Å². The third-order valence-electron chi connectivity index (χ3n) is 16.1. The zero-order valence-corrected chi connectivity index (χ0v) is 41.5. The van der Waals surface area contributed by atoms with E-state index in [2.05, 4.69) is 223 Å². The topological polar surface area (TPSA) is 6.48 Å². The zero-order valence-electron chi connectivity index (χ0n) is 39.9. The summed E-state index contributed by atoms with van der Waals surface area (Å²) in [5.74, 6) is 0.587. The van der Waals surface area contributed by atoms with Crippen molar-refractivity contribution < 1.29 is 0 Å². The minimum atomic E-state index is -0.117. The Balaban J connectivity index is 1.06. The number of nitrogens with zero attached hydrogens (tertiary/aromatic N) is 2. The summed E-state index contributed by atoms with van der Waals surface area (Å²) in [7, 11) is 0. The van der Waals surface area contributed by atoms with Gasteiger partial charge in [0.1, 0.15) is 0 Å². The molecule has 0 aromatic heterocycles. The van der Waals surface area contributed by atoms with E-state index in [9.17, 15) is 0 Å². The molecule has 4 aliphatic rings. The molecule has 0 fully saturated rings. The molecular formula is C64H52N2S2. The molecule has 0 radical (unpaired) electrons. The molecule has 68 heavy (non-hydrogen) atoms. The van der Waals surface area contributed by atoms with E-state index in [0.29, 0.717) is 11.8 Å². The predicted molar refractivity (Wildman–Crippen MR) is 291 cm³/mol. The second kappa shape index (κ2) is 14.1. The number of anilines is 6. The Morgan fingerprint density at radius 3 is 1.16 bits per heavy atom. The van der Waals surface area contributed by atoms with Gasteiger partial charge in [0.2, 0.25) is 0 Å². The Hall–Kier alpha value is -6.46. The second-order valence-corrected chi connectivity index (χ2v) is 23.4. The summed E-state index contributed by atoms with van der Waals surface area (Å²) in [5.41, 5.74) is 21.1. The van der Waals surface area contributed by atoms with Gasteiger partial charge in [-0.3, -0.25) is 0 Å². The first kappa shape index (κ1) is 40.6. The Kier molecular flexibility index (Phi) is 8.39. The van der Waals surface area contributed by atoms with Crippen LogP contribution in [0.2, 0.25) is 0 Å². The van der Waals surface area contributed by atoms with E-state index < -0.39 is 0 Å². The van der Waals surface area contributed by atoms with Crippen LogP contribution in [0.3, 0.4) is 0 Å². The van der Waals surface area contributed by atoms with Crippen molar-refractivity contribution in [2.75, 3.05) is 9.80 Å². The van der Waals surface area contributed by atoms with Gasteiger partial charge >= 0.3 is 0 Å². The van der Waals surface area contributed by atoms with Crippen molar-refractivity contribution >= 4 is 90.0 Å². The molecule has 0 saturated carbocycles. The fraction of sp³-hybridized carbons (Fsp3) is 0.188. The quantitative estimate of drug-likeness (QED) is 0.162. The fourth-order valence-corrected chi connectivity index (χ4v) is 14.9. The van der Waals surface area contributed by atoms with E-state index >= 15 is 0 Å². The van der Waals surface area contributed by atoms with Crippen molar-refractivity contribution in [3.8, 4) is 22.3 Å². The van der Waals surface area contributed by atoms with Gasteiger partial charge in [-0.1, -0.05) is 176 Å². The summed E-state index contributed by atoms with van der Waals surface area (Å²) in [5, 5.41) is 8.05. The molecule has 0 amide bonds. The molecule has 0 saturated heterocycles. The van der Waals surface area contributed by atoms with Crippen LogP contribution in [-0.4, -0.2) is 0 Å². The van der Waals surface area contributed by atoms with Crippen LogP contribution in [0.5, 0.6) is 0 Å². The molecule has 2 nitrogen and oxygen atoms in total. The standard InChI is InChI=1S/C64H52N2S2/c1-35(2)41-29-37-25-28-52(66-50-22-14-16-24-56(50)68-58-32-44-40-18-10-12-20-46(40)64(7,8)48(44)34-54(58)66)62-42(36(3)4)30-38-26-27-51(61(41)59(38)60(37)62)65-49-21-13-15-23-55(49)67-57-31-43-39-17-9-11-19-45(39)63(5,6)47(43)33-53(57)65/h9-36H,1-8H3. The second-order valence-electron chi connectivity index (χ2n) is 21.2. The molecule has 14 rings (SSSR count). The zero-order chi connectivity index (χ0) is 46.1. The van der Waals surface area contributed by atoms with Gasteiger partial charge < -0.3 is 9.80 Å². The van der Waals surface area contributed by atoms with E-state index in [0.717, 1.165) is 0 Å². The van der Waals surface area contributed by atoms with Crippen LogP contribution in [0.25, 0.3) is 54.6 Å². The molecule has 0 spiro atoms. The van der Waals surface area contributed by atoms with Crippen molar-refractivity contribution in [1.29, 1.82) is 0 Å². The highest BCUT2D eigenvalue weighted by Gasteiger charge is 2.41. The summed E-state index contributed by atoms with van der Waals surface area (Å²) in [6.07, 6.45) is 0. The lowest BCUT2D eigenvalue weighted by Gasteiger charge is -2.37. The van der Waals surface area contributed by atoms with Crippen LogP contribution in [0.1, 0.15) is 101 Å². The van der Waals surface area contributed by atoms with Gasteiger partial charge in [0.05, 0.1) is 34.1 Å². The summed E-state index contributed by atoms with van der Waals surface area (Å²) in [6.45, 7) is 19.1. The van der Waals surface area contributed by atoms with Crippen LogP contribution in [0.4, 0.5) is 34.1 Å². The lowest BCUT2D eigenvalue weighted by molar-refractivity contribution is 0.660. The fourth-order valence-electron chi connectivity index (χ4n) is 12.8. The number of hydrogen-bond donors (Lipinski definition) is 0. The molecule has 0 unspecified atom stereocenters. The Labute approximate surface area is 408 Å². The Bertz CT molecular complexity index is 3580. The minimum Gasteiger partial charge on any atom is -0.308 e. The largest absolute Gasteiger partial charge is 0.308 e. The van der Waals surface area contributed by atoms with E-state index in [4.69, 9.17) is 0 Å². The van der Waals surface area contributed by atoms with Crippen molar-refractivity contribution in [3.63, 3.8) is 0 Å². The van der Waals surface area contributed by atoms with Crippen LogP contribution in [-0.2, 0) is 10.8 Å². The number of benzene rings is 10. The van der Waals surface area contributed by atoms with Gasteiger partial charge in [-0.05, 0) is 150 Å². The summed E-state index contributed by atoms with van der Waals surface area (Å²) < 4.78 is 0. The molecule has 10 aromatic carbocycles. The summed E-state index contributed by atoms with van der Waals surface area (Å²) >= 11 is 3.82. The third-order valence-corrected chi connectivity index (χ3v) is 18.3. The smallest absolute Gasteiger partial charge is 0.0605 e. The molecule has 0 bridgehead atoms. The Morgan fingerprint density at radius 2 is 0.735 bits per heavy atom. The molecule has 330 valence electrons. The molecule has 10 aromatic rings. The first-order valence-corrected chi connectivity index (χ1v) is 26.0. The highest BCUT2D eigenvalue weighted by Crippen LogP contribution is 2.62. The molecule has 2 heterocycles.